The van der Waals surface area contributed by atoms with Gasteiger partial charge in [0.25, 0.3) is 26.2 Å². The van der Waals surface area contributed by atoms with Crippen LogP contribution in [0.15, 0.2) is 46.8 Å². The summed E-state index contributed by atoms with van der Waals surface area (Å²) in [7, 11) is -4.18. The number of nitrogens with zero attached hydrogens (tertiary/aromatic N) is 2. The summed E-state index contributed by atoms with van der Waals surface area (Å²) in [5.74, 6) is -1.01. The topological polar surface area (TPSA) is 130 Å². The van der Waals surface area contributed by atoms with E-state index in [2.05, 4.69) is 25.6 Å². The minimum Gasteiger partial charge on any atom is -0.350 e. The fraction of sp³-hybridized carbons (Fsp3) is 0.200. The van der Waals surface area contributed by atoms with Gasteiger partial charge < -0.3 is 5.32 Å². The molecular formula is C20H19Cl2N5O4S2. The van der Waals surface area contributed by atoms with Crippen LogP contribution in [0, 0.1) is 0 Å². The number of para-hydroxylation sites is 1. The van der Waals surface area contributed by atoms with Gasteiger partial charge >= 0.3 is 0 Å². The third-order valence-corrected chi connectivity index (χ3v) is 7.56. The van der Waals surface area contributed by atoms with Crippen molar-refractivity contribution in [3.05, 3.63) is 63.6 Å². The number of amides is 2. The SMILES string of the molecule is CC[C@H](C)NC(=O)c1ccccc1NS(=O)(=O)c1nnc(NC(=O)c2ccc(Cl)cc2Cl)s1. The number of carbonyl (C=O) groups excluding carboxylic acids is 2. The first-order chi connectivity index (χ1) is 15.6. The number of rotatable bonds is 8. The van der Waals surface area contributed by atoms with E-state index in [1.54, 1.807) is 12.1 Å². The molecule has 0 unspecified atom stereocenters. The molecule has 0 radical (unpaired) electrons. The van der Waals surface area contributed by atoms with E-state index < -0.39 is 26.2 Å². The van der Waals surface area contributed by atoms with Gasteiger partial charge in [-0.25, -0.2) is 0 Å². The molecule has 0 saturated carbocycles. The minimum atomic E-state index is -4.18. The highest BCUT2D eigenvalue weighted by molar-refractivity contribution is 7.94. The highest BCUT2D eigenvalue weighted by atomic mass is 35.5. The Morgan fingerprint density at radius 1 is 1.06 bits per heavy atom. The highest BCUT2D eigenvalue weighted by Gasteiger charge is 2.24. The Bertz CT molecular complexity index is 1300. The van der Waals surface area contributed by atoms with E-state index in [-0.39, 0.29) is 33.0 Å². The largest absolute Gasteiger partial charge is 0.350 e. The number of anilines is 2. The van der Waals surface area contributed by atoms with Crippen molar-refractivity contribution < 1.29 is 18.0 Å². The Balaban J connectivity index is 1.78. The van der Waals surface area contributed by atoms with Crippen LogP contribution in [-0.2, 0) is 10.0 Å². The van der Waals surface area contributed by atoms with Gasteiger partial charge in [-0.3, -0.25) is 19.6 Å². The maximum Gasteiger partial charge on any atom is 0.291 e. The summed E-state index contributed by atoms with van der Waals surface area (Å²) in [6, 6.07) is 10.5. The first kappa shape index (κ1) is 24.9. The smallest absolute Gasteiger partial charge is 0.291 e. The number of nitrogens with one attached hydrogen (secondary N) is 3. The quantitative estimate of drug-likeness (QED) is 0.371. The third kappa shape index (κ3) is 6.20. The van der Waals surface area contributed by atoms with Crippen molar-refractivity contribution in [2.24, 2.45) is 0 Å². The second kappa shape index (κ2) is 10.5. The van der Waals surface area contributed by atoms with E-state index in [9.17, 15) is 18.0 Å². The molecule has 0 fully saturated rings. The van der Waals surface area contributed by atoms with Crippen molar-refractivity contribution in [2.45, 2.75) is 30.6 Å². The lowest BCUT2D eigenvalue weighted by molar-refractivity contribution is 0.0939. The molecule has 33 heavy (non-hydrogen) atoms. The first-order valence-corrected chi connectivity index (χ1v) is 12.7. The molecule has 13 heteroatoms. The van der Waals surface area contributed by atoms with Crippen LogP contribution >= 0.6 is 34.5 Å². The molecule has 2 amide bonds. The Morgan fingerprint density at radius 2 is 1.79 bits per heavy atom. The molecule has 0 saturated heterocycles. The lowest BCUT2D eigenvalue weighted by Gasteiger charge is -2.14. The highest BCUT2D eigenvalue weighted by Crippen LogP contribution is 2.26. The molecule has 174 valence electrons. The standard InChI is InChI=1S/C20H19Cl2N5O4S2/c1-3-11(2)23-18(29)14-6-4-5-7-16(14)27-33(30,31)20-26-25-19(32-20)24-17(28)13-9-8-12(21)10-15(13)22/h4-11,27H,3H2,1-2H3,(H,23,29)(H,24,25,28)/t11-/m0/s1. The Labute approximate surface area is 204 Å². The van der Waals surface area contributed by atoms with E-state index in [1.807, 2.05) is 13.8 Å². The maximum absolute atomic E-state index is 12.8. The zero-order valence-electron chi connectivity index (χ0n) is 17.4. The molecule has 0 aliphatic rings. The van der Waals surface area contributed by atoms with Crippen LogP contribution in [0.3, 0.4) is 0 Å². The molecule has 3 rings (SSSR count). The fourth-order valence-electron chi connectivity index (χ4n) is 2.57. The van der Waals surface area contributed by atoms with Crippen molar-refractivity contribution in [1.82, 2.24) is 15.5 Å². The van der Waals surface area contributed by atoms with Crippen molar-refractivity contribution in [3.63, 3.8) is 0 Å². The van der Waals surface area contributed by atoms with Gasteiger partial charge in [0.2, 0.25) is 5.13 Å². The third-order valence-electron chi connectivity index (χ3n) is 4.44. The number of sulfonamides is 1. The van der Waals surface area contributed by atoms with Crippen LogP contribution in [0.4, 0.5) is 10.8 Å². The van der Waals surface area contributed by atoms with Crippen molar-refractivity contribution in [2.75, 3.05) is 10.0 Å². The van der Waals surface area contributed by atoms with Crippen molar-refractivity contribution in [3.8, 4) is 0 Å². The first-order valence-electron chi connectivity index (χ1n) is 9.63. The molecule has 9 nitrogen and oxygen atoms in total. The van der Waals surface area contributed by atoms with Crippen molar-refractivity contribution in [1.29, 1.82) is 0 Å². The number of hydrogen-bond donors (Lipinski definition) is 3. The summed E-state index contributed by atoms with van der Waals surface area (Å²) in [6.07, 6.45) is 0.722. The molecule has 2 aromatic carbocycles. The van der Waals surface area contributed by atoms with Gasteiger partial charge in [-0.1, -0.05) is 53.6 Å². The van der Waals surface area contributed by atoms with Gasteiger partial charge in [0.15, 0.2) is 0 Å². The molecule has 1 heterocycles. The Morgan fingerprint density at radius 3 is 2.48 bits per heavy atom. The van der Waals surface area contributed by atoms with Crippen LogP contribution in [-0.4, -0.2) is 36.5 Å². The lowest BCUT2D eigenvalue weighted by Crippen LogP contribution is -2.32. The van der Waals surface area contributed by atoms with E-state index in [0.717, 1.165) is 6.42 Å². The van der Waals surface area contributed by atoms with Gasteiger partial charge in [-0.15, -0.1) is 10.2 Å². The van der Waals surface area contributed by atoms with E-state index in [1.165, 1.54) is 30.3 Å². The molecule has 0 aliphatic heterocycles. The van der Waals surface area contributed by atoms with Crippen LogP contribution < -0.4 is 15.4 Å². The summed E-state index contributed by atoms with van der Waals surface area (Å²) in [4.78, 5) is 24.9. The van der Waals surface area contributed by atoms with Crippen LogP contribution in [0.25, 0.3) is 0 Å². The molecule has 1 atom stereocenters. The van der Waals surface area contributed by atoms with Gasteiger partial charge in [0, 0.05) is 11.1 Å². The van der Waals surface area contributed by atoms with Gasteiger partial charge in [-0.2, -0.15) is 8.42 Å². The molecule has 3 N–H and O–H groups in total. The van der Waals surface area contributed by atoms with Crippen molar-refractivity contribution >= 4 is 67.2 Å². The Hall–Kier alpha value is -2.73. The molecule has 0 aliphatic carbocycles. The summed E-state index contributed by atoms with van der Waals surface area (Å²) < 4.78 is 27.6. The summed E-state index contributed by atoms with van der Waals surface area (Å²) in [6.45, 7) is 3.77. The maximum atomic E-state index is 12.8. The van der Waals surface area contributed by atoms with Crippen LogP contribution in [0.2, 0.25) is 10.0 Å². The molecule has 0 spiro atoms. The average molecular weight is 528 g/mol. The summed E-state index contributed by atoms with van der Waals surface area (Å²) in [5.41, 5.74) is 0.392. The predicted octanol–water partition coefficient (Wildman–Crippen LogP) is 4.43. The second-order valence-electron chi connectivity index (χ2n) is 6.89. The van der Waals surface area contributed by atoms with Crippen LogP contribution in [0.5, 0.6) is 0 Å². The number of carbonyl (C=O) groups is 2. The Kier molecular flexibility index (Phi) is 7.90. The predicted molar refractivity (Wildman–Crippen MR) is 129 cm³/mol. The lowest BCUT2D eigenvalue weighted by atomic mass is 10.1. The molecular weight excluding hydrogens is 509 g/mol. The normalized spacial score (nSPS) is 12.1. The fourth-order valence-corrected chi connectivity index (χ4v) is 5.04. The zero-order valence-corrected chi connectivity index (χ0v) is 20.6. The van der Waals surface area contributed by atoms with E-state index in [4.69, 9.17) is 23.2 Å². The zero-order chi connectivity index (χ0) is 24.2. The molecule has 1 aromatic heterocycles. The van der Waals surface area contributed by atoms with Crippen LogP contribution in [0.1, 0.15) is 41.0 Å². The summed E-state index contributed by atoms with van der Waals surface area (Å²) >= 11 is 12.5. The molecule has 3 aromatic rings. The van der Waals surface area contributed by atoms with E-state index >= 15 is 0 Å². The van der Waals surface area contributed by atoms with Gasteiger partial charge in [0.05, 0.1) is 21.8 Å². The number of benzene rings is 2. The molecule has 0 bridgehead atoms. The minimum absolute atomic E-state index is 0.0470. The average Bonchev–Trinajstić information content (AvgIpc) is 3.23. The van der Waals surface area contributed by atoms with Gasteiger partial charge in [-0.05, 0) is 43.7 Å². The number of halogens is 2. The number of aromatic nitrogens is 2. The monoisotopic (exact) mass is 527 g/mol. The van der Waals surface area contributed by atoms with Gasteiger partial charge in [0.1, 0.15) is 0 Å². The van der Waals surface area contributed by atoms with E-state index in [0.29, 0.717) is 16.4 Å². The summed E-state index contributed by atoms with van der Waals surface area (Å²) in [5, 5.41) is 13.1. The second-order valence-corrected chi connectivity index (χ2v) is 10.6. The number of hydrogen-bond acceptors (Lipinski definition) is 7.